The third-order valence-electron chi connectivity index (χ3n) is 2.83. The van der Waals surface area contributed by atoms with Gasteiger partial charge in [-0.05, 0) is 24.6 Å². The Kier molecular flexibility index (Phi) is 3.21. The summed E-state index contributed by atoms with van der Waals surface area (Å²) in [7, 11) is 1.62. The zero-order valence-corrected chi connectivity index (χ0v) is 11.3. The fraction of sp³-hybridized carbons (Fsp3) is 0.333. The van der Waals surface area contributed by atoms with Crippen molar-refractivity contribution < 1.29 is 9.53 Å². The summed E-state index contributed by atoms with van der Waals surface area (Å²) in [5.41, 5.74) is 6.68. The lowest BCUT2D eigenvalue weighted by Crippen LogP contribution is -2.37. The third kappa shape index (κ3) is 2.03. The second kappa shape index (κ2) is 4.53. The van der Waals surface area contributed by atoms with Gasteiger partial charge in [-0.15, -0.1) is 5.10 Å². The van der Waals surface area contributed by atoms with Crippen molar-refractivity contribution in [1.29, 1.82) is 0 Å². The summed E-state index contributed by atoms with van der Waals surface area (Å²) in [6.07, 6.45) is 0. The van der Waals surface area contributed by atoms with Gasteiger partial charge in [0.2, 0.25) is 5.91 Å². The number of hydrogen-bond donors (Lipinski definition) is 1. The van der Waals surface area contributed by atoms with Crippen LogP contribution in [0.25, 0.3) is 0 Å². The van der Waals surface area contributed by atoms with E-state index in [1.807, 2.05) is 31.2 Å². The topological polar surface area (TPSA) is 67.9 Å². The van der Waals surface area contributed by atoms with Gasteiger partial charge in [-0.1, -0.05) is 23.9 Å². The zero-order valence-electron chi connectivity index (χ0n) is 10.5. The maximum atomic E-state index is 11.6. The highest BCUT2D eigenvalue weighted by Gasteiger charge is 2.42. The first kappa shape index (κ1) is 12.8. The smallest absolute Gasteiger partial charge is 0.241 e. The number of carbonyl (C=O) groups excluding carboxylic acids is 1. The summed E-state index contributed by atoms with van der Waals surface area (Å²) in [6, 6.07) is 7.54. The number of hydrazone groups is 1. The Morgan fingerprint density at radius 3 is 2.56 bits per heavy atom. The van der Waals surface area contributed by atoms with Gasteiger partial charge >= 0.3 is 0 Å². The van der Waals surface area contributed by atoms with Crippen LogP contribution >= 0.6 is 11.8 Å². The van der Waals surface area contributed by atoms with Crippen LogP contribution in [-0.4, -0.2) is 23.2 Å². The maximum absolute atomic E-state index is 11.6. The van der Waals surface area contributed by atoms with Gasteiger partial charge in [-0.3, -0.25) is 4.79 Å². The number of benzene rings is 1. The first-order chi connectivity index (χ1) is 8.47. The molecule has 1 unspecified atom stereocenters. The van der Waals surface area contributed by atoms with Crippen molar-refractivity contribution >= 4 is 22.8 Å². The highest BCUT2D eigenvalue weighted by molar-refractivity contribution is 8.14. The van der Waals surface area contributed by atoms with Crippen LogP contribution < -0.4 is 10.5 Å². The largest absolute Gasteiger partial charge is 0.497 e. The van der Waals surface area contributed by atoms with E-state index in [0.717, 1.165) is 11.3 Å². The van der Waals surface area contributed by atoms with Crippen LogP contribution in [-0.2, 0) is 9.67 Å². The third-order valence-corrected chi connectivity index (χ3v) is 3.93. The van der Waals surface area contributed by atoms with Gasteiger partial charge in [-0.2, -0.15) is 0 Å². The van der Waals surface area contributed by atoms with E-state index in [4.69, 9.17) is 10.5 Å². The molecule has 0 saturated carbocycles. The van der Waals surface area contributed by atoms with Crippen molar-refractivity contribution in [2.24, 2.45) is 10.8 Å². The highest BCUT2D eigenvalue weighted by Crippen LogP contribution is 2.44. The number of amidine groups is 1. The Bertz CT molecular complexity index is 501. The SMILES string of the molecule is COc1ccc(C2(C)SC(N)=NN2C(C)=O)cc1. The van der Waals surface area contributed by atoms with E-state index in [1.165, 1.54) is 23.7 Å². The molecule has 5 nitrogen and oxygen atoms in total. The minimum absolute atomic E-state index is 0.138. The molecule has 96 valence electrons. The number of amides is 1. The van der Waals surface area contributed by atoms with Crippen molar-refractivity contribution in [3.63, 3.8) is 0 Å². The lowest BCUT2D eigenvalue weighted by molar-refractivity contribution is -0.131. The van der Waals surface area contributed by atoms with Crippen molar-refractivity contribution in [1.82, 2.24) is 5.01 Å². The number of rotatable bonds is 2. The molecule has 2 rings (SSSR count). The Balaban J connectivity index is 2.38. The monoisotopic (exact) mass is 265 g/mol. The molecule has 0 bridgehead atoms. The average Bonchev–Trinajstić information content (AvgIpc) is 2.66. The van der Waals surface area contributed by atoms with Gasteiger partial charge < -0.3 is 10.5 Å². The molecule has 1 heterocycles. The Morgan fingerprint density at radius 2 is 2.06 bits per heavy atom. The molecule has 1 aromatic rings. The van der Waals surface area contributed by atoms with E-state index in [9.17, 15) is 4.79 Å². The van der Waals surface area contributed by atoms with Crippen LogP contribution in [0.15, 0.2) is 29.4 Å². The Labute approximate surface area is 110 Å². The van der Waals surface area contributed by atoms with Crippen LogP contribution in [0.4, 0.5) is 0 Å². The van der Waals surface area contributed by atoms with Gasteiger partial charge in [-0.25, -0.2) is 5.01 Å². The summed E-state index contributed by atoms with van der Waals surface area (Å²) in [5.74, 6) is 0.634. The van der Waals surface area contributed by atoms with Crippen molar-refractivity contribution in [3.8, 4) is 5.75 Å². The highest BCUT2D eigenvalue weighted by atomic mass is 32.2. The molecule has 1 atom stereocenters. The second-order valence-electron chi connectivity index (χ2n) is 4.08. The molecule has 1 aromatic carbocycles. The van der Waals surface area contributed by atoms with E-state index < -0.39 is 4.87 Å². The number of hydrogen-bond acceptors (Lipinski definition) is 5. The number of nitrogens with zero attached hydrogens (tertiary/aromatic N) is 2. The molecular formula is C12H15N3O2S. The maximum Gasteiger partial charge on any atom is 0.241 e. The van der Waals surface area contributed by atoms with Gasteiger partial charge in [0, 0.05) is 6.92 Å². The van der Waals surface area contributed by atoms with Gasteiger partial charge in [0.05, 0.1) is 7.11 Å². The molecule has 18 heavy (non-hydrogen) atoms. The van der Waals surface area contributed by atoms with E-state index in [0.29, 0.717) is 5.17 Å². The number of carbonyl (C=O) groups is 1. The fourth-order valence-electron chi connectivity index (χ4n) is 1.91. The molecule has 1 amide bonds. The first-order valence-corrected chi connectivity index (χ1v) is 6.27. The number of nitrogens with two attached hydrogens (primary N) is 1. The van der Waals surface area contributed by atoms with Crippen molar-refractivity contribution in [2.45, 2.75) is 18.7 Å². The van der Waals surface area contributed by atoms with Crippen molar-refractivity contribution in [2.75, 3.05) is 7.11 Å². The summed E-state index contributed by atoms with van der Waals surface area (Å²) in [4.78, 5) is 11.0. The summed E-state index contributed by atoms with van der Waals surface area (Å²) in [6.45, 7) is 3.40. The lowest BCUT2D eigenvalue weighted by atomic mass is 10.1. The summed E-state index contributed by atoms with van der Waals surface area (Å²) >= 11 is 1.36. The predicted molar refractivity (Wildman–Crippen MR) is 72.1 cm³/mol. The molecule has 0 spiro atoms. The number of thioether (sulfide) groups is 1. The summed E-state index contributed by atoms with van der Waals surface area (Å²) < 4.78 is 5.12. The second-order valence-corrected chi connectivity index (χ2v) is 5.50. The van der Waals surface area contributed by atoms with Crippen molar-refractivity contribution in [3.05, 3.63) is 29.8 Å². The molecule has 0 aromatic heterocycles. The van der Waals surface area contributed by atoms with Crippen LogP contribution in [0.1, 0.15) is 19.4 Å². The van der Waals surface area contributed by atoms with E-state index in [1.54, 1.807) is 7.11 Å². The molecule has 0 saturated heterocycles. The minimum Gasteiger partial charge on any atom is -0.497 e. The lowest BCUT2D eigenvalue weighted by Gasteiger charge is -2.31. The zero-order chi connectivity index (χ0) is 13.3. The van der Waals surface area contributed by atoms with E-state index in [2.05, 4.69) is 5.10 Å². The molecule has 1 aliphatic heterocycles. The molecule has 0 aliphatic carbocycles. The quantitative estimate of drug-likeness (QED) is 0.883. The Hall–Kier alpha value is -1.69. The average molecular weight is 265 g/mol. The minimum atomic E-state index is -0.595. The molecule has 6 heteroatoms. The van der Waals surface area contributed by atoms with Crippen LogP contribution in [0, 0.1) is 0 Å². The number of ether oxygens (including phenoxy) is 1. The first-order valence-electron chi connectivity index (χ1n) is 5.46. The van der Waals surface area contributed by atoms with Gasteiger partial charge in [0.1, 0.15) is 10.6 Å². The molecule has 2 N–H and O–H groups in total. The standard InChI is InChI=1S/C12H15N3O2S/c1-8(16)15-12(2,18-11(13)14-15)9-4-6-10(17-3)7-5-9/h4-7H,1-3H3,(H2,13,14). The number of methoxy groups -OCH3 is 1. The Morgan fingerprint density at radius 1 is 1.44 bits per heavy atom. The van der Waals surface area contributed by atoms with Crippen LogP contribution in [0.5, 0.6) is 5.75 Å². The predicted octanol–water partition coefficient (Wildman–Crippen LogP) is 1.69. The van der Waals surface area contributed by atoms with Crippen LogP contribution in [0.3, 0.4) is 0 Å². The van der Waals surface area contributed by atoms with E-state index in [-0.39, 0.29) is 5.91 Å². The molecule has 0 radical (unpaired) electrons. The molecule has 1 aliphatic rings. The van der Waals surface area contributed by atoms with Gasteiger partial charge in [0.25, 0.3) is 0 Å². The molecular weight excluding hydrogens is 250 g/mol. The summed E-state index contributed by atoms with van der Waals surface area (Å²) in [5, 5.41) is 5.87. The normalized spacial score (nSPS) is 22.8. The van der Waals surface area contributed by atoms with E-state index >= 15 is 0 Å². The van der Waals surface area contributed by atoms with Gasteiger partial charge in [0.15, 0.2) is 5.17 Å². The molecule has 0 fully saturated rings. The van der Waals surface area contributed by atoms with Crippen LogP contribution in [0.2, 0.25) is 0 Å². The fourth-order valence-corrected chi connectivity index (χ4v) is 2.95.